The third-order valence-electron chi connectivity index (χ3n) is 2.44. The lowest BCUT2D eigenvalue weighted by Gasteiger charge is -2.10. The summed E-state index contributed by atoms with van der Waals surface area (Å²) in [7, 11) is 0. The van der Waals surface area contributed by atoms with Crippen LogP contribution >= 0.6 is 15.9 Å². The van der Waals surface area contributed by atoms with Gasteiger partial charge in [0.2, 0.25) is 0 Å². The fourth-order valence-electron chi connectivity index (χ4n) is 1.55. The molecule has 0 aromatic heterocycles. The number of nitrogens with two attached hydrogens (primary N) is 1. The van der Waals surface area contributed by atoms with Gasteiger partial charge >= 0.3 is 0 Å². The predicted octanol–water partition coefficient (Wildman–Crippen LogP) is 3.52. The molecule has 0 atom stereocenters. The first-order valence-corrected chi connectivity index (χ1v) is 6.52. The van der Waals surface area contributed by atoms with Gasteiger partial charge in [0.1, 0.15) is 12.4 Å². The molecule has 0 aliphatic rings. The highest BCUT2D eigenvalue weighted by Gasteiger charge is 1.99. The summed E-state index contributed by atoms with van der Waals surface area (Å²) in [6, 6.07) is 15.5. The van der Waals surface area contributed by atoms with E-state index < -0.39 is 0 Å². The van der Waals surface area contributed by atoms with Gasteiger partial charge in [-0.25, -0.2) is 0 Å². The molecule has 2 aromatic carbocycles. The molecule has 0 unspecified atom stereocenters. The van der Waals surface area contributed by atoms with Crippen LogP contribution in [0.4, 0.5) is 11.4 Å². The molecule has 0 spiro atoms. The van der Waals surface area contributed by atoms with Crippen molar-refractivity contribution in [2.24, 2.45) is 0 Å². The van der Waals surface area contributed by atoms with Crippen LogP contribution in [0.15, 0.2) is 53.0 Å². The van der Waals surface area contributed by atoms with Crippen LogP contribution in [0.1, 0.15) is 0 Å². The van der Waals surface area contributed by atoms with Gasteiger partial charge < -0.3 is 15.8 Å². The SMILES string of the molecule is Nc1ccc(Br)cc1NCCOc1ccccc1. The average Bonchev–Trinajstić information content (AvgIpc) is 2.40. The van der Waals surface area contributed by atoms with Crippen LogP contribution < -0.4 is 15.8 Å². The van der Waals surface area contributed by atoms with E-state index in [1.165, 1.54) is 0 Å². The highest BCUT2D eigenvalue weighted by Crippen LogP contribution is 2.22. The van der Waals surface area contributed by atoms with E-state index in [0.29, 0.717) is 13.2 Å². The molecule has 0 heterocycles. The van der Waals surface area contributed by atoms with Crippen LogP contribution in [0.3, 0.4) is 0 Å². The van der Waals surface area contributed by atoms with Crippen LogP contribution in [0, 0.1) is 0 Å². The molecule has 4 heteroatoms. The van der Waals surface area contributed by atoms with Crippen molar-refractivity contribution in [1.29, 1.82) is 0 Å². The summed E-state index contributed by atoms with van der Waals surface area (Å²) in [6.07, 6.45) is 0. The van der Waals surface area contributed by atoms with Gasteiger partial charge in [-0.1, -0.05) is 34.1 Å². The molecule has 2 aromatic rings. The molecule has 0 fully saturated rings. The lowest BCUT2D eigenvalue weighted by molar-refractivity contribution is 0.333. The van der Waals surface area contributed by atoms with Gasteiger partial charge in [0.25, 0.3) is 0 Å². The van der Waals surface area contributed by atoms with E-state index in [-0.39, 0.29) is 0 Å². The summed E-state index contributed by atoms with van der Waals surface area (Å²) in [6.45, 7) is 1.30. The summed E-state index contributed by atoms with van der Waals surface area (Å²) < 4.78 is 6.59. The summed E-state index contributed by atoms with van der Waals surface area (Å²) in [5.41, 5.74) is 7.51. The minimum Gasteiger partial charge on any atom is -0.492 e. The molecule has 0 amide bonds. The van der Waals surface area contributed by atoms with Gasteiger partial charge in [-0.3, -0.25) is 0 Å². The number of halogens is 1. The molecule has 3 N–H and O–H groups in total. The third-order valence-corrected chi connectivity index (χ3v) is 2.94. The lowest BCUT2D eigenvalue weighted by Crippen LogP contribution is -2.12. The van der Waals surface area contributed by atoms with Gasteiger partial charge in [-0.15, -0.1) is 0 Å². The summed E-state index contributed by atoms with van der Waals surface area (Å²) in [4.78, 5) is 0. The van der Waals surface area contributed by atoms with Crippen molar-refractivity contribution < 1.29 is 4.74 Å². The van der Waals surface area contributed by atoms with Crippen LogP contribution in [0.2, 0.25) is 0 Å². The van der Waals surface area contributed by atoms with Crippen molar-refractivity contribution >= 4 is 27.3 Å². The smallest absolute Gasteiger partial charge is 0.119 e. The molecule has 0 aliphatic carbocycles. The minimum absolute atomic E-state index is 0.593. The standard InChI is InChI=1S/C14H15BrN2O/c15-11-6-7-13(16)14(10-11)17-8-9-18-12-4-2-1-3-5-12/h1-7,10,17H,8-9,16H2. The maximum atomic E-state index is 5.86. The number of nitrogens with one attached hydrogen (secondary N) is 1. The molecule has 0 saturated carbocycles. The molecule has 0 saturated heterocycles. The van der Waals surface area contributed by atoms with Crippen LogP contribution in [0.5, 0.6) is 5.75 Å². The number of para-hydroxylation sites is 1. The van der Waals surface area contributed by atoms with E-state index in [2.05, 4.69) is 21.2 Å². The Morgan fingerprint density at radius 2 is 1.89 bits per heavy atom. The maximum absolute atomic E-state index is 5.86. The first-order chi connectivity index (χ1) is 8.75. The van der Waals surface area contributed by atoms with E-state index in [1.54, 1.807) is 0 Å². The molecule has 18 heavy (non-hydrogen) atoms. The average molecular weight is 307 g/mol. The number of anilines is 2. The molecule has 0 radical (unpaired) electrons. The van der Waals surface area contributed by atoms with Crippen molar-refractivity contribution in [3.05, 3.63) is 53.0 Å². The van der Waals surface area contributed by atoms with Crippen molar-refractivity contribution in [1.82, 2.24) is 0 Å². The van der Waals surface area contributed by atoms with Gasteiger partial charge in [0.05, 0.1) is 11.4 Å². The molecular formula is C14H15BrN2O. The maximum Gasteiger partial charge on any atom is 0.119 e. The Morgan fingerprint density at radius 1 is 1.11 bits per heavy atom. The zero-order chi connectivity index (χ0) is 12.8. The molecule has 3 nitrogen and oxygen atoms in total. The number of ether oxygens (including phenoxy) is 1. The van der Waals surface area contributed by atoms with Crippen LogP contribution in [-0.2, 0) is 0 Å². The Hall–Kier alpha value is -1.68. The fourth-order valence-corrected chi connectivity index (χ4v) is 1.91. The van der Waals surface area contributed by atoms with E-state index in [0.717, 1.165) is 21.6 Å². The molecule has 94 valence electrons. The van der Waals surface area contributed by atoms with E-state index in [1.807, 2.05) is 48.5 Å². The predicted molar refractivity (Wildman–Crippen MR) is 79.0 cm³/mol. The first kappa shape index (κ1) is 12.8. The second kappa shape index (κ2) is 6.31. The van der Waals surface area contributed by atoms with Gasteiger partial charge in [-0.05, 0) is 30.3 Å². The topological polar surface area (TPSA) is 47.3 Å². The zero-order valence-electron chi connectivity index (χ0n) is 9.90. The highest BCUT2D eigenvalue weighted by atomic mass is 79.9. The zero-order valence-corrected chi connectivity index (χ0v) is 11.5. The quantitative estimate of drug-likeness (QED) is 0.656. The van der Waals surface area contributed by atoms with E-state index >= 15 is 0 Å². The van der Waals surface area contributed by atoms with Crippen molar-refractivity contribution in [2.45, 2.75) is 0 Å². The molecule has 0 aliphatic heterocycles. The van der Waals surface area contributed by atoms with Crippen molar-refractivity contribution in [3.8, 4) is 5.75 Å². The Bertz CT molecular complexity index is 502. The molecule has 2 rings (SSSR count). The number of hydrogen-bond donors (Lipinski definition) is 2. The summed E-state index contributed by atoms with van der Waals surface area (Å²) in [5.74, 6) is 0.876. The van der Waals surface area contributed by atoms with E-state index in [4.69, 9.17) is 10.5 Å². The fraction of sp³-hybridized carbons (Fsp3) is 0.143. The first-order valence-electron chi connectivity index (χ1n) is 5.72. The van der Waals surface area contributed by atoms with Crippen LogP contribution in [-0.4, -0.2) is 13.2 Å². The summed E-state index contributed by atoms with van der Waals surface area (Å²) in [5, 5.41) is 3.24. The Labute approximate surface area is 115 Å². The normalized spacial score (nSPS) is 10.1. The Kier molecular flexibility index (Phi) is 4.47. The number of hydrogen-bond acceptors (Lipinski definition) is 3. The molecule has 0 bridgehead atoms. The number of nitrogen functional groups attached to an aromatic ring is 1. The minimum atomic E-state index is 0.593. The largest absolute Gasteiger partial charge is 0.492 e. The Balaban J connectivity index is 1.80. The summed E-state index contributed by atoms with van der Waals surface area (Å²) >= 11 is 3.42. The van der Waals surface area contributed by atoms with Gasteiger partial charge in [0, 0.05) is 11.0 Å². The molecular weight excluding hydrogens is 292 g/mol. The van der Waals surface area contributed by atoms with Crippen LogP contribution in [0.25, 0.3) is 0 Å². The van der Waals surface area contributed by atoms with Gasteiger partial charge in [-0.2, -0.15) is 0 Å². The monoisotopic (exact) mass is 306 g/mol. The third kappa shape index (κ3) is 3.67. The second-order valence-corrected chi connectivity index (χ2v) is 4.74. The van der Waals surface area contributed by atoms with Crippen molar-refractivity contribution in [2.75, 3.05) is 24.2 Å². The van der Waals surface area contributed by atoms with E-state index in [9.17, 15) is 0 Å². The Morgan fingerprint density at radius 3 is 2.67 bits per heavy atom. The van der Waals surface area contributed by atoms with Gasteiger partial charge in [0.15, 0.2) is 0 Å². The number of benzene rings is 2. The number of rotatable bonds is 5. The lowest BCUT2D eigenvalue weighted by atomic mass is 10.3. The second-order valence-electron chi connectivity index (χ2n) is 3.82. The van der Waals surface area contributed by atoms with Crippen molar-refractivity contribution in [3.63, 3.8) is 0 Å². The highest BCUT2D eigenvalue weighted by molar-refractivity contribution is 9.10.